The summed E-state index contributed by atoms with van der Waals surface area (Å²) in [5.74, 6) is 0.109. The minimum absolute atomic E-state index is 0.109. The van der Waals surface area contributed by atoms with Crippen LogP contribution in [-0.4, -0.2) is 40.3 Å². The maximum absolute atomic E-state index is 11.5. The van der Waals surface area contributed by atoms with Crippen molar-refractivity contribution in [2.75, 3.05) is 13.1 Å². The van der Waals surface area contributed by atoms with Gasteiger partial charge in [-0.05, 0) is 46.5 Å². The van der Waals surface area contributed by atoms with Crippen molar-refractivity contribution in [2.24, 2.45) is 0 Å². The van der Waals surface area contributed by atoms with Gasteiger partial charge in [-0.1, -0.05) is 49.0 Å². The Balaban J connectivity index is 1.53. The van der Waals surface area contributed by atoms with Gasteiger partial charge in [-0.15, -0.1) is 0 Å². The van der Waals surface area contributed by atoms with Crippen molar-refractivity contribution in [3.05, 3.63) is 84.2 Å². The summed E-state index contributed by atoms with van der Waals surface area (Å²) >= 11 is 0. The van der Waals surface area contributed by atoms with Gasteiger partial charge in [-0.2, -0.15) is 0 Å². The molecule has 1 saturated heterocycles. The minimum atomic E-state index is -0.900. The highest BCUT2D eigenvalue weighted by molar-refractivity contribution is 5.82. The van der Waals surface area contributed by atoms with E-state index in [9.17, 15) is 9.90 Å². The lowest BCUT2D eigenvalue weighted by molar-refractivity contribution is -0.0199. The zero-order valence-electron chi connectivity index (χ0n) is 16.2. The van der Waals surface area contributed by atoms with E-state index in [1.807, 2.05) is 30.5 Å². The molecular formula is C24H24N2O3. The first-order valence-corrected chi connectivity index (χ1v) is 9.79. The molecule has 2 heterocycles. The van der Waals surface area contributed by atoms with Gasteiger partial charge in [0.05, 0.1) is 24.9 Å². The van der Waals surface area contributed by atoms with Crippen LogP contribution in [-0.2, 0) is 11.3 Å². The molecule has 1 N–H and O–H groups in total. The summed E-state index contributed by atoms with van der Waals surface area (Å²) in [4.78, 5) is 17.3. The van der Waals surface area contributed by atoms with Crippen molar-refractivity contribution < 1.29 is 14.6 Å². The summed E-state index contributed by atoms with van der Waals surface area (Å²) in [5, 5.41) is 11.8. The van der Waals surface area contributed by atoms with Gasteiger partial charge in [-0.3, -0.25) is 4.98 Å². The largest absolute Gasteiger partial charge is 0.465 e. The van der Waals surface area contributed by atoms with Crippen molar-refractivity contribution in [2.45, 2.75) is 25.0 Å². The van der Waals surface area contributed by atoms with Crippen LogP contribution in [0.2, 0.25) is 0 Å². The molecule has 0 radical (unpaired) electrons. The smallest absolute Gasteiger partial charge is 0.407 e. The van der Waals surface area contributed by atoms with E-state index in [-0.39, 0.29) is 12.0 Å². The molecule has 0 bridgehead atoms. The molecule has 1 aromatic heterocycles. The first kappa shape index (κ1) is 19.2. The van der Waals surface area contributed by atoms with Crippen LogP contribution in [0.4, 0.5) is 4.79 Å². The molecule has 0 spiro atoms. The van der Waals surface area contributed by atoms with E-state index < -0.39 is 6.09 Å². The Kier molecular flexibility index (Phi) is 5.58. The zero-order chi connectivity index (χ0) is 20.2. The quantitative estimate of drug-likeness (QED) is 0.673. The highest BCUT2D eigenvalue weighted by Crippen LogP contribution is 2.31. The van der Waals surface area contributed by atoms with Crippen molar-refractivity contribution in [1.29, 1.82) is 0 Å². The molecule has 0 saturated carbocycles. The maximum Gasteiger partial charge on any atom is 0.407 e. The van der Waals surface area contributed by atoms with E-state index in [1.54, 1.807) is 6.08 Å². The minimum Gasteiger partial charge on any atom is -0.465 e. The van der Waals surface area contributed by atoms with E-state index >= 15 is 0 Å². The molecule has 1 fully saturated rings. The van der Waals surface area contributed by atoms with Crippen molar-refractivity contribution in [3.63, 3.8) is 0 Å². The fourth-order valence-corrected chi connectivity index (χ4v) is 3.93. The average molecular weight is 388 g/mol. The number of carboxylic acid groups (broad SMARTS) is 1. The molecule has 2 atom stereocenters. The van der Waals surface area contributed by atoms with E-state index in [1.165, 1.54) is 15.7 Å². The molecule has 4 rings (SSSR count). The van der Waals surface area contributed by atoms with Gasteiger partial charge < -0.3 is 14.7 Å². The lowest BCUT2D eigenvalue weighted by atomic mass is 9.87. The Labute approximate surface area is 170 Å². The number of amides is 1. The van der Waals surface area contributed by atoms with E-state index in [0.717, 1.165) is 16.8 Å². The van der Waals surface area contributed by atoms with Crippen LogP contribution in [0.3, 0.4) is 0 Å². The second-order valence-corrected chi connectivity index (χ2v) is 7.38. The lowest BCUT2D eigenvalue weighted by Gasteiger charge is -2.37. The standard InChI is InChI=1S/C24H24N2O3/c1-2-21-10-9-20(14-25-21)22-11-12-26(24(27)28)15-23(22)29-16-17-7-8-18-5-3-4-6-19(18)13-17/h2-10,13-14,22-23H,1,11-12,15-16H2,(H,27,28). The monoisotopic (exact) mass is 388 g/mol. The third-order valence-electron chi connectivity index (χ3n) is 5.55. The molecule has 5 nitrogen and oxygen atoms in total. The van der Waals surface area contributed by atoms with E-state index in [2.05, 4.69) is 41.9 Å². The number of piperidine rings is 1. The number of hydrogen-bond donors (Lipinski definition) is 1. The molecule has 1 aliphatic rings. The van der Waals surface area contributed by atoms with Gasteiger partial charge in [0.2, 0.25) is 0 Å². The number of aromatic nitrogens is 1. The molecule has 1 aliphatic heterocycles. The van der Waals surface area contributed by atoms with Gasteiger partial charge in [0.1, 0.15) is 0 Å². The number of nitrogens with zero attached hydrogens (tertiary/aromatic N) is 2. The van der Waals surface area contributed by atoms with E-state index in [4.69, 9.17) is 4.74 Å². The SMILES string of the molecule is C=Cc1ccc(C2CCN(C(=O)O)CC2OCc2ccc3ccccc3c2)cn1. The number of benzene rings is 2. The number of hydrogen-bond acceptors (Lipinski definition) is 3. The molecule has 0 aliphatic carbocycles. The zero-order valence-corrected chi connectivity index (χ0v) is 16.2. The van der Waals surface area contributed by atoms with Gasteiger partial charge in [0.15, 0.2) is 0 Å². The van der Waals surface area contributed by atoms with E-state index in [0.29, 0.717) is 26.1 Å². The number of pyridine rings is 1. The fraction of sp³-hybridized carbons (Fsp3) is 0.250. The molecule has 148 valence electrons. The van der Waals surface area contributed by atoms with Crippen LogP contribution >= 0.6 is 0 Å². The van der Waals surface area contributed by atoms with Crippen LogP contribution in [0, 0.1) is 0 Å². The van der Waals surface area contributed by atoms with Crippen LogP contribution in [0.15, 0.2) is 67.4 Å². The summed E-state index contributed by atoms with van der Waals surface area (Å²) < 4.78 is 6.27. The number of rotatable bonds is 5. The molecule has 5 heteroatoms. The average Bonchev–Trinajstić information content (AvgIpc) is 2.77. The highest BCUT2D eigenvalue weighted by atomic mass is 16.5. The molecule has 2 aromatic carbocycles. The first-order valence-electron chi connectivity index (χ1n) is 9.79. The first-order chi connectivity index (χ1) is 14.1. The summed E-state index contributed by atoms with van der Waals surface area (Å²) in [6.45, 7) is 5.04. The van der Waals surface area contributed by atoms with Crippen LogP contribution in [0.25, 0.3) is 16.8 Å². The summed E-state index contributed by atoms with van der Waals surface area (Å²) in [6, 6.07) is 18.5. The number of carbonyl (C=O) groups is 1. The summed E-state index contributed by atoms with van der Waals surface area (Å²) in [7, 11) is 0. The third kappa shape index (κ3) is 4.30. The summed E-state index contributed by atoms with van der Waals surface area (Å²) in [5.41, 5.74) is 2.98. The Morgan fingerprint density at radius 2 is 2.03 bits per heavy atom. The second kappa shape index (κ2) is 8.45. The number of ether oxygens (including phenoxy) is 1. The normalized spacial score (nSPS) is 19.2. The maximum atomic E-state index is 11.5. The number of fused-ring (bicyclic) bond motifs is 1. The van der Waals surface area contributed by atoms with Gasteiger partial charge in [-0.25, -0.2) is 4.79 Å². The van der Waals surface area contributed by atoms with Crippen molar-refractivity contribution >= 4 is 22.9 Å². The molecule has 2 unspecified atom stereocenters. The van der Waals surface area contributed by atoms with Gasteiger partial charge in [0.25, 0.3) is 0 Å². The Morgan fingerprint density at radius 3 is 2.76 bits per heavy atom. The third-order valence-corrected chi connectivity index (χ3v) is 5.55. The van der Waals surface area contributed by atoms with Crippen LogP contribution < -0.4 is 0 Å². The molecule has 1 amide bonds. The highest BCUT2D eigenvalue weighted by Gasteiger charge is 2.33. The van der Waals surface area contributed by atoms with Crippen molar-refractivity contribution in [1.82, 2.24) is 9.88 Å². The van der Waals surface area contributed by atoms with Crippen molar-refractivity contribution in [3.8, 4) is 0 Å². The van der Waals surface area contributed by atoms with Gasteiger partial charge >= 0.3 is 6.09 Å². The Morgan fingerprint density at radius 1 is 1.21 bits per heavy atom. The number of likely N-dealkylation sites (tertiary alicyclic amines) is 1. The predicted octanol–water partition coefficient (Wildman–Crippen LogP) is 4.93. The second-order valence-electron chi connectivity index (χ2n) is 7.38. The summed E-state index contributed by atoms with van der Waals surface area (Å²) in [6.07, 6.45) is 3.16. The topological polar surface area (TPSA) is 62.7 Å². The molecular weight excluding hydrogens is 364 g/mol. The Hall–Kier alpha value is -3.18. The lowest BCUT2D eigenvalue weighted by Crippen LogP contribution is -2.46. The fourth-order valence-electron chi connectivity index (χ4n) is 3.93. The Bertz CT molecular complexity index is 1020. The molecule has 3 aromatic rings. The van der Waals surface area contributed by atoms with Crippen LogP contribution in [0.1, 0.15) is 29.2 Å². The van der Waals surface area contributed by atoms with Crippen LogP contribution in [0.5, 0.6) is 0 Å². The predicted molar refractivity (Wildman–Crippen MR) is 114 cm³/mol. The molecule has 29 heavy (non-hydrogen) atoms. The van der Waals surface area contributed by atoms with Gasteiger partial charge in [0, 0.05) is 18.7 Å².